The van der Waals surface area contributed by atoms with E-state index < -0.39 is 6.10 Å². The Labute approximate surface area is 169 Å². The molecule has 1 aromatic heterocycles. The number of aromatic nitrogens is 1. The molecule has 154 valence electrons. The molecule has 0 bridgehead atoms. The fourth-order valence-electron chi connectivity index (χ4n) is 5.01. The third-order valence-electron chi connectivity index (χ3n) is 6.48. The maximum atomic E-state index is 14.2. The zero-order chi connectivity index (χ0) is 19.8. The van der Waals surface area contributed by atoms with Gasteiger partial charge in [0.05, 0.1) is 18.0 Å². The number of aliphatic hydroxyl groups is 1. The number of ether oxygens (including phenoxy) is 2. The smallest absolute Gasteiger partial charge is 0.231 e. The van der Waals surface area contributed by atoms with Gasteiger partial charge in [-0.25, -0.2) is 4.39 Å². The summed E-state index contributed by atoms with van der Waals surface area (Å²) >= 11 is 0. The second kappa shape index (κ2) is 7.46. The number of nitrogens with zero attached hydrogens (tertiary/aromatic N) is 3. The highest BCUT2D eigenvalue weighted by Crippen LogP contribution is 2.42. The zero-order valence-electron chi connectivity index (χ0n) is 16.4. The van der Waals surface area contributed by atoms with Crippen LogP contribution in [0.5, 0.6) is 11.5 Å². The molecule has 1 aromatic carbocycles. The van der Waals surface area contributed by atoms with Gasteiger partial charge in [0.2, 0.25) is 6.79 Å². The molecular formula is C22H26FN3O3. The van der Waals surface area contributed by atoms with Crippen molar-refractivity contribution in [3.8, 4) is 11.5 Å². The number of halogens is 1. The minimum atomic E-state index is -0.434. The number of β-amino-alcohol motifs (C(OH)–C–C–N with tert-alkyl or cyclic N) is 1. The minimum Gasteiger partial charge on any atom is -0.454 e. The largest absolute Gasteiger partial charge is 0.454 e. The average molecular weight is 399 g/mol. The predicted octanol–water partition coefficient (Wildman–Crippen LogP) is 2.80. The Bertz CT molecular complexity index is 885. The molecule has 7 heteroatoms. The van der Waals surface area contributed by atoms with Crippen LogP contribution in [0.2, 0.25) is 0 Å². The van der Waals surface area contributed by atoms with Gasteiger partial charge in [-0.2, -0.15) is 0 Å². The summed E-state index contributed by atoms with van der Waals surface area (Å²) in [4.78, 5) is 8.29. The van der Waals surface area contributed by atoms with Crippen molar-refractivity contribution in [2.24, 2.45) is 5.41 Å². The number of rotatable bonds is 3. The Morgan fingerprint density at radius 3 is 2.83 bits per heavy atom. The summed E-state index contributed by atoms with van der Waals surface area (Å²) < 4.78 is 25.1. The van der Waals surface area contributed by atoms with Gasteiger partial charge in [0, 0.05) is 25.8 Å². The molecule has 0 radical (unpaired) electrons. The summed E-state index contributed by atoms with van der Waals surface area (Å²) in [6, 6.07) is 7.83. The molecule has 0 amide bonds. The fraction of sp³-hybridized carbons (Fsp3) is 0.500. The highest BCUT2D eigenvalue weighted by atomic mass is 19.1. The predicted molar refractivity (Wildman–Crippen MR) is 107 cm³/mol. The number of aliphatic hydroxyl groups excluding tert-OH is 1. The van der Waals surface area contributed by atoms with Gasteiger partial charge in [-0.3, -0.25) is 9.88 Å². The van der Waals surface area contributed by atoms with E-state index >= 15 is 0 Å². The first kappa shape index (κ1) is 18.6. The minimum absolute atomic E-state index is 0.0266. The highest BCUT2D eigenvalue weighted by Gasteiger charge is 2.42. The summed E-state index contributed by atoms with van der Waals surface area (Å²) in [5, 5.41) is 10.5. The van der Waals surface area contributed by atoms with Crippen molar-refractivity contribution in [2.45, 2.75) is 31.9 Å². The van der Waals surface area contributed by atoms with Gasteiger partial charge in [0.25, 0.3) is 0 Å². The maximum absolute atomic E-state index is 14.2. The molecule has 29 heavy (non-hydrogen) atoms. The second-order valence-corrected chi connectivity index (χ2v) is 8.53. The number of benzene rings is 1. The van der Waals surface area contributed by atoms with Gasteiger partial charge in [-0.1, -0.05) is 6.07 Å². The Kier molecular flexibility index (Phi) is 4.80. The number of hydrogen-bond acceptors (Lipinski definition) is 6. The van der Waals surface area contributed by atoms with E-state index in [1.54, 1.807) is 12.3 Å². The Hall–Kier alpha value is -2.38. The molecule has 6 nitrogen and oxygen atoms in total. The Morgan fingerprint density at radius 1 is 1.17 bits per heavy atom. The molecule has 0 saturated carbocycles. The lowest BCUT2D eigenvalue weighted by molar-refractivity contribution is 0.0244. The quantitative estimate of drug-likeness (QED) is 0.857. The number of piperidine rings is 2. The van der Waals surface area contributed by atoms with Crippen LogP contribution in [0.25, 0.3) is 0 Å². The normalized spacial score (nSPS) is 23.5. The Morgan fingerprint density at radius 2 is 2.00 bits per heavy atom. The molecule has 4 heterocycles. The molecule has 1 N–H and O–H groups in total. The van der Waals surface area contributed by atoms with Crippen molar-refractivity contribution in [1.82, 2.24) is 9.88 Å². The molecule has 2 saturated heterocycles. The first-order chi connectivity index (χ1) is 14.1. The van der Waals surface area contributed by atoms with Gasteiger partial charge >= 0.3 is 0 Å². The molecule has 5 rings (SSSR count). The Balaban J connectivity index is 1.24. The number of pyridine rings is 1. The van der Waals surface area contributed by atoms with Gasteiger partial charge in [-0.15, -0.1) is 0 Å². The standard InChI is InChI=1S/C22H26FN3O3/c23-18-11-24-6-3-19(18)26-13-17(27)10-22(14-26)4-7-25(8-5-22)12-16-1-2-20-21(9-16)29-15-28-20/h1-3,6,9,11,17,27H,4-5,7-8,10,12-15H2. The first-order valence-electron chi connectivity index (χ1n) is 10.2. The van der Waals surface area contributed by atoms with Crippen LogP contribution in [0, 0.1) is 11.2 Å². The molecule has 3 aliphatic rings. The molecule has 3 aliphatic heterocycles. The van der Waals surface area contributed by atoms with E-state index in [1.165, 1.54) is 11.8 Å². The van der Waals surface area contributed by atoms with Crippen LogP contribution in [0.1, 0.15) is 24.8 Å². The van der Waals surface area contributed by atoms with E-state index in [0.717, 1.165) is 56.9 Å². The van der Waals surface area contributed by atoms with E-state index in [9.17, 15) is 9.50 Å². The molecule has 1 spiro atoms. The monoisotopic (exact) mass is 399 g/mol. The average Bonchev–Trinajstić information content (AvgIpc) is 3.18. The zero-order valence-corrected chi connectivity index (χ0v) is 16.4. The van der Waals surface area contributed by atoms with Crippen LogP contribution >= 0.6 is 0 Å². The second-order valence-electron chi connectivity index (χ2n) is 8.53. The third-order valence-corrected chi connectivity index (χ3v) is 6.48. The summed E-state index contributed by atoms with van der Waals surface area (Å²) in [5.41, 5.74) is 1.79. The van der Waals surface area contributed by atoms with Gasteiger partial charge in [0.15, 0.2) is 17.3 Å². The molecular weight excluding hydrogens is 373 g/mol. The highest BCUT2D eigenvalue weighted by molar-refractivity contribution is 5.47. The molecule has 2 aromatic rings. The molecule has 2 fully saturated rings. The van der Waals surface area contributed by atoms with Crippen molar-refractivity contribution >= 4 is 5.69 Å². The fourth-order valence-corrected chi connectivity index (χ4v) is 5.01. The van der Waals surface area contributed by atoms with Crippen molar-refractivity contribution in [1.29, 1.82) is 0 Å². The van der Waals surface area contributed by atoms with E-state index in [2.05, 4.69) is 22.0 Å². The van der Waals surface area contributed by atoms with Crippen LogP contribution in [0.3, 0.4) is 0 Å². The van der Waals surface area contributed by atoms with Crippen LogP contribution in [-0.2, 0) is 6.54 Å². The van der Waals surface area contributed by atoms with E-state index in [4.69, 9.17) is 9.47 Å². The number of likely N-dealkylation sites (tertiary alicyclic amines) is 1. The van der Waals surface area contributed by atoms with Crippen molar-refractivity contribution < 1.29 is 19.0 Å². The SMILES string of the molecule is OC1CN(c2ccncc2F)CC2(CCN(Cc3ccc4c(c3)OCO4)CC2)C1. The third kappa shape index (κ3) is 3.76. The summed E-state index contributed by atoms with van der Waals surface area (Å²) in [6.45, 7) is 4.36. The summed E-state index contributed by atoms with van der Waals surface area (Å²) in [7, 11) is 0. The van der Waals surface area contributed by atoms with Crippen molar-refractivity contribution in [2.75, 3.05) is 37.9 Å². The first-order valence-corrected chi connectivity index (χ1v) is 10.2. The molecule has 1 atom stereocenters. The molecule has 1 unspecified atom stereocenters. The van der Waals surface area contributed by atoms with E-state index in [0.29, 0.717) is 19.0 Å². The van der Waals surface area contributed by atoms with Crippen LogP contribution < -0.4 is 14.4 Å². The number of fused-ring (bicyclic) bond motifs is 1. The van der Waals surface area contributed by atoms with Crippen LogP contribution in [-0.4, -0.2) is 54.1 Å². The molecule has 0 aliphatic carbocycles. The number of hydrogen-bond donors (Lipinski definition) is 1. The van der Waals surface area contributed by atoms with Crippen molar-refractivity contribution in [3.05, 3.63) is 48.0 Å². The summed E-state index contributed by atoms with van der Waals surface area (Å²) in [6.07, 6.45) is 5.21. The lowest BCUT2D eigenvalue weighted by atomic mass is 9.71. The lowest BCUT2D eigenvalue weighted by Crippen LogP contribution is -2.54. The maximum Gasteiger partial charge on any atom is 0.231 e. The number of anilines is 1. The summed E-state index contributed by atoms with van der Waals surface area (Å²) in [5.74, 6) is 1.31. The van der Waals surface area contributed by atoms with Crippen LogP contribution in [0.15, 0.2) is 36.7 Å². The van der Waals surface area contributed by atoms with E-state index in [-0.39, 0.29) is 11.2 Å². The topological polar surface area (TPSA) is 58.1 Å². The lowest BCUT2D eigenvalue weighted by Gasteiger charge is -2.49. The van der Waals surface area contributed by atoms with Crippen LogP contribution in [0.4, 0.5) is 10.1 Å². The van der Waals surface area contributed by atoms with E-state index in [1.807, 2.05) is 11.0 Å². The van der Waals surface area contributed by atoms with Gasteiger partial charge in [0.1, 0.15) is 0 Å². The van der Waals surface area contributed by atoms with Crippen molar-refractivity contribution in [3.63, 3.8) is 0 Å². The van der Waals surface area contributed by atoms with Gasteiger partial charge < -0.3 is 19.5 Å². The van der Waals surface area contributed by atoms with Gasteiger partial charge in [-0.05, 0) is 61.5 Å².